The molecule has 4 amide bonds. The van der Waals surface area contributed by atoms with Gasteiger partial charge in [-0.25, -0.2) is 4.79 Å². The topological polar surface area (TPSA) is 104 Å². The number of nitrogens with zero attached hydrogens (tertiary/aromatic N) is 1. The average molecular weight is 441 g/mol. The maximum Gasteiger partial charge on any atom is 0.324 e. The lowest BCUT2D eigenvalue weighted by atomic mass is 10.1. The Morgan fingerprint density at radius 1 is 1.19 bits per heavy atom. The van der Waals surface area contributed by atoms with Crippen molar-refractivity contribution in [3.8, 4) is 5.75 Å². The number of aromatic nitrogens is 1. The molecule has 32 heavy (non-hydrogen) atoms. The molecule has 1 saturated heterocycles. The van der Waals surface area contributed by atoms with Gasteiger partial charge in [0.05, 0.1) is 7.11 Å². The first-order chi connectivity index (χ1) is 15.5. The van der Waals surface area contributed by atoms with Crippen molar-refractivity contribution >= 4 is 28.7 Å². The summed E-state index contributed by atoms with van der Waals surface area (Å²) in [5.41, 5.74) is 2.00. The molecule has 2 aliphatic rings. The fourth-order valence-corrected chi connectivity index (χ4v) is 4.71. The highest BCUT2D eigenvalue weighted by Crippen LogP contribution is 2.24. The van der Waals surface area contributed by atoms with Gasteiger partial charge in [0.2, 0.25) is 5.91 Å². The van der Waals surface area contributed by atoms with E-state index >= 15 is 0 Å². The third-order valence-corrected chi connectivity index (χ3v) is 6.57. The van der Waals surface area contributed by atoms with Crippen LogP contribution in [-0.4, -0.2) is 53.5 Å². The van der Waals surface area contributed by atoms with Crippen LogP contribution in [-0.2, 0) is 16.0 Å². The number of ether oxygens (including phenoxy) is 1. The number of benzene rings is 1. The fraction of sp³-hybridized carbons (Fsp3) is 0.542. The number of hydrogen-bond acceptors (Lipinski definition) is 4. The first kappa shape index (κ1) is 22.2. The van der Waals surface area contributed by atoms with Gasteiger partial charge in [-0.1, -0.05) is 25.7 Å². The minimum absolute atomic E-state index is 0.0369. The molecule has 1 aliphatic carbocycles. The van der Waals surface area contributed by atoms with Gasteiger partial charge < -0.3 is 20.4 Å². The number of nitrogens with one attached hydrogen (secondary N) is 3. The Morgan fingerprint density at radius 2 is 1.97 bits per heavy atom. The minimum Gasteiger partial charge on any atom is -0.497 e. The first-order valence-corrected chi connectivity index (χ1v) is 11.6. The molecule has 2 aromatic rings. The molecular weight excluding hydrogens is 408 g/mol. The predicted octanol–water partition coefficient (Wildman–Crippen LogP) is 3.26. The van der Waals surface area contributed by atoms with Crippen molar-refractivity contribution < 1.29 is 19.1 Å². The predicted molar refractivity (Wildman–Crippen MR) is 121 cm³/mol. The second kappa shape index (κ2) is 10.1. The lowest BCUT2D eigenvalue weighted by Gasteiger charge is -2.17. The molecule has 1 saturated carbocycles. The molecule has 0 radical (unpaired) electrons. The van der Waals surface area contributed by atoms with E-state index in [0.717, 1.165) is 47.9 Å². The lowest BCUT2D eigenvalue weighted by Crippen LogP contribution is -2.36. The molecule has 172 valence electrons. The summed E-state index contributed by atoms with van der Waals surface area (Å²) in [6, 6.07) is 5.00. The number of fused-ring (bicyclic) bond motifs is 1. The highest BCUT2D eigenvalue weighted by atomic mass is 16.5. The summed E-state index contributed by atoms with van der Waals surface area (Å²) in [4.78, 5) is 42.0. The van der Waals surface area contributed by atoms with E-state index in [9.17, 15) is 14.4 Å². The first-order valence-electron chi connectivity index (χ1n) is 11.6. The summed E-state index contributed by atoms with van der Waals surface area (Å²) < 4.78 is 5.30. The number of aromatic amines is 1. The van der Waals surface area contributed by atoms with Gasteiger partial charge in [0.15, 0.2) is 0 Å². The van der Waals surface area contributed by atoms with Crippen LogP contribution in [0, 0.1) is 0 Å². The van der Waals surface area contributed by atoms with Crippen LogP contribution in [0.3, 0.4) is 0 Å². The zero-order valence-electron chi connectivity index (χ0n) is 18.6. The second-order valence-electron chi connectivity index (χ2n) is 8.76. The van der Waals surface area contributed by atoms with Crippen LogP contribution in [0.4, 0.5) is 4.79 Å². The summed E-state index contributed by atoms with van der Waals surface area (Å²) in [6.45, 7) is 0.291. The standard InChI is InChI=1S/C24H32N4O4/c1-32-18-8-9-20-19(14-18)16(15-25-20)12-13-28-23(30)21(27-24(28)31)10-11-22(29)26-17-6-4-2-3-5-7-17/h8-9,14-15,17,21,25H,2-7,10-13H2,1H3,(H,26,29)(H,27,31)/t21-/m1/s1. The quantitative estimate of drug-likeness (QED) is 0.433. The maximum atomic E-state index is 12.8. The molecular formula is C24H32N4O4. The summed E-state index contributed by atoms with van der Waals surface area (Å²) in [7, 11) is 1.62. The van der Waals surface area contributed by atoms with E-state index in [1.807, 2.05) is 24.4 Å². The number of methoxy groups -OCH3 is 1. The van der Waals surface area contributed by atoms with Gasteiger partial charge in [-0.2, -0.15) is 0 Å². The number of H-pyrrole nitrogens is 1. The van der Waals surface area contributed by atoms with E-state index in [1.165, 1.54) is 17.7 Å². The van der Waals surface area contributed by atoms with Crippen LogP contribution in [0.2, 0.25) is 0 Å². The SMILES string of the molecule is COc1ccc2[nH]cc(CCN3C(=O)N[C@H](CCC(=O)NC4CCCCCC4)C3=O)c2c1. The molecule has 8 nitrogen and oxygen atoms in total. The molecule has 1 aromatic heterocycles. The van der Waals surface area contributed by atoms with Crippen molar-refractivity contribution in [2.75, 3.05) is 13.7 Å². The zero-order chi connectivity index (χ0) is 22.5. The zero-order valence-corrected chi connectivity index (χ0v) is 18.6. The van der Waals surface area contributed by atoms with Gasteiger partial charge in [0.25, 0.3) is 5.91 Å². The Morgan fingerprint density at radius 3 is 2.72 bits per heavy atom. The van der Waals surface area contributed by atoms with Crippen molar-refractivity contribution in [3.63, 3.8) is 0 Å². The molecule has 8 heteroatoms. The summed E-state index contributed by atoms with van der Waals surface area (Å²) in [5, 5.41) is 6.85. The molecule has 0 unspecified atom stereocenters. The van der Waals surface area contributed by atoms with E-state index in [4.69, 9.17) is 4.74 Å². The minimum atomic E-state index is -0.634. The smallest absolute Gasteiger partial charge is 0.324 e. The average Bonchev–Trinajstić information content (AvgIpc) is 3.18. The van der Waals surface area contributed by atoms with Crippen LogP contribution < -0.4 is 15.4 Å². The van der Waals surface area contributed by atoms with E-state index in [2.05, 4.69) is 15.6 Å². The summed E-state index contributed by atoms with van der Waals surface area (Å²) >= 11 is 0. The molecule has 1 atom stereocenters. The van der Waals surface area contributed by atoms with Crippen LogP contribution in [0.5, 0.6) is 5.75 Å². The van der Waals surface area contributed by atoms with Gasteiger partial charge >= 0.3 is 6.03 Å². The number of rotatable bonds is 8. The normalized spacial score (nSPS) is 19.8. The highest BCUT2D eigenvalue weighted by molar-refractivity contribution is 6.04. The summed E-state index contributed by atoms with van der Waals surface area (Å²) in [5.74, 6) is 0.468. The van der Waals surface area contributed by atoms with Crippen LogP contribution in [0.25, 0.3) is 10.9 Å². The van der Waals surface area contributed by atoms with Gasteiger partial charge in [0.1, 0.15) is 11.8 Å². The lowest BCUT2D eigenvalue weighted by molar-refractivity contribution is -0.127. The molecule has 4 rings (SSSR count). The fourth-order valence-electron chi connectivity index (χ4n) is 4.71. The largest absolute Gasteiger partial charge is 0.497 e. The van der Waals surface area contributed by atoms with Crippen molar-refractivity contribution in [3.05, 3.63) is 30.0 Å². The van der Waals surface area contributed by atoms with E-state index < -0.39 is 6.04 Å². The molecule has 2 heterocycles. The van der Waals surface area contributed by atoms with Crippen molar-refractivity contribution in [1.82, 2.24) is 20.5 Å². The monoisotopic (exact) mass is 440 g/mol. The molecule has 2 fully saturated rings. The molecule has 3 N–H and O–H groups in total. The highest BCUT2D eigenvalue weighted by Gasteiger charge is 2.37. The van der Waals surface area contributed by atoms with Crippen molar-refractivity contribution in [2.45, 2.75) is 69.9 Å². The molecule has 1 aliphatic heterocycles. The second-order valence-corrected chi connectivity index (χ2v) is 8.76. The Bertz CT molecular complexity index is 978. The molecule has 0 spiro atoms. The van der Waals surface area contributed by atoms with E-state index in [1.54, 1.807) is 7.11 Å². The Balaban J connectivity index is 1.28. The Hall–Kier alpha value is -3.03. The van der Waals surface area contributed by atoms with Crippen molar-refractivity contribution in [1.29, 1.82) is 0 Å². The van der Waals surface area contributed by atoms with Gasteiger partial charge in [-0.15, -0.1) is 0 Å². The Labute approximate surface area is 188 Å². The van der Waals surface area contributed by atoms with Crippen LogP contribution in [0.15, 0.2) is 24.4 Å². The van der Waals surface area contributed by atoms with Crippen LogP contribution >= 0.6 is 0 Å². The number of carbonyl (C=O) groups is 3. The molecule has 1 aromatic carbocycles. The Kier molecular flexibility index (Phi) is 6.97. The number of imide groups is 1. The number of hydrogen-bond donors (Lipinski definition) is 3. The van der Waals surface area contributed by atoms with Crippen molar-refractivity contribution in [2.24, 2.45) is 0 Å². The van der Waals surface area contributed by atoms with Gasteiger partial charge in [-0.3, -0.25) is 14.5 Å². The number of amides is 4. The summed E-state index contributed by atoms with van der Waals surface area (Å²) in [6.07, 6.45) is 9.83. The molecule has 0 bridgehead atoms. The number of carbonyl (C=O) groups excluding carboxylic acids is 3. The number of urea groups is 1. The van der Waals surface area contributed by atoms with E-state index in [-0.39, 0.29) is 30.3 Å². The van der Waals surface area contributed by atoms with E-state index in [0.29, 0.717) is 19.4 Å². The third-order valence-electron chi connectivity index (χ3n) is 6.57. The van der Waals surface area contributed by atoms with Gasteiger partial charge in [0, 0.05) is 36.1 Å². The van der Waals surface area contributed by atoms with Crippen LogP contribution in [0.1, 0.15) is 56.9 Å². The third kappa shape index (κ3) is 5.06. The maximum absolute atomic E-state index is 12.8. The van der Waals surface area contributed by atoms with Gasteiger partial charge in [-0.05, 0) is 49.4 Å².